The second kappa shape index (κ2) is 7.05. The lowest BCUT2D eigenvalue weighted by molar-refractivity contribution is -0.0279. The molecular weight excluding hydrogens is 328 g/mol. The lowest BCUT2D eigenvalue weighted by atomic mass is 10.0. The van der Waals surface area contributed by atoms with Gasteiger partial charge >= 0.3 is 0 Å². The minimum atomic E-state index is -0.511. The molecule has 1 fully saturated rings. The second-order valence-electron chi connectivity index (χ2n) is 6.99. The molecule has 0 aliphatic carbocycles. The van der Waals surface area contributed by atoms with Gasteiger partial charge in [0.05, 0.1) is 5.69 Å². The fourth-order valence-corrected chi connectivity index (χ4v) is 3.49. The highest BCUT2D eigenvalue weighted by Crippen LogP contribution is 2.24. The molecule has 0 unspecified atom stereocenters. The van der Waals surface area contributed by atoms with Crippen molar-refractivity contribution in [2.75, 3.05) is 13.1 Å². The van der Waals surface area contributed by atoms with Crippen LogP contribution in [0.25, 0.3) is 10.8 Å². The Morgan fingerprint density at radius 2 is 2.12 bits per heavy atom. The summed E-state index contributed by atoms with van der Waals surface area (Å²) in [7, 11) is 2.03. The summed E-state index contributed by atoms with van der Waals surface area (Å²) < 4.78 is 8.18. The fourth-order valence-electron chi connectivity index (χ4n) is 3.49. The van der Waals surface area contributed by atoms with E-state index in [-0.39, 0.29) is 6.10 Å². The smallest absolute Gasteiger partial charge is 0.127 e. The number of aliphatic hydroxyl groups excluding tert-OH is 1. The number of rotatable bonds is 4. The second-order valence-corrected chi connectivity index (χ2v) is 6.99. The van der Waals surface area contributed by atoms with E-state index in [0.717, 1.165) is 47.6 Å². The van der Waals surface area contributed by atoms with E-state index in [1.807, 2.05) is 50.6 Å². The van der Waals surface area contributed by atoms with E-state index >= 15 is 0 Å². The highest BCUT2D eigenvalue weighted by Gasteiger charge is 2.29. The number of pyridine rings is 1. The van der Waals surface area contributed by atoms with Gasteiger partial charge in [0.15, 0.2) is 0 Å². The zero-order valence-corrected chi connectivity index (χ0v) is 15.2. The first-order valence-corrected chi connectivity index (χ1v) is 8.98. The van der Waals surface area contributed by atoms with Crippen LogP contribution in [-0.4, -0.2) is 49.8 Å². The largest absolute Gasteiger partial charge is 0.488 e. The molecule has 26 heavy (non-hydrogen) atoms. The van der Waals surface area contributed by atoms with Gasteiger partial charge in [-0.2, -0.15) is 0 Å². The van der Waals surface area contributed by atoms with Crippen LogP contribution in [0, 0.1) is 6.92 Å². The van der Waals surface area contributed by atoms with Gasteiger partial charge in [-0.1, -0.05) is 6.07 Å². The first-order valence-electron chi connectivity index (χ1n) is 8.98. The van der Waals surface area contributed by atoms with Crippen molar-refractivity contribution in [2.24, 2.45) is 7.05 Å². The Morgan fingerprint density at radius 3 is 2.88 bits per heavy atom. The molecule has 136 valence electrons. The van der Waals surface area contributed by atoms with Crippen molar-refractivity contribution in [3.63, 3.8) is 0 Å². The number of fused-ring (bicyclic) bond motifs is 1. The number of β-amino-alcohol motifs (C(OH)–C–C–N with tert-alkyl or cyclic N) is 1. The zero-order chi connectivity index (χ0) is 18.1. The minimum Gasteiger partial charge on any atom is -0.488 e. The molecule has 3 heterocycles. The molecular formula is C20H24N4O2. The molecule has 0 spiro atoms. The average molecular weight is 352 g/mol. The van der Waals surface area contributed by atoms with Gasteiger partial charge in [-0.05, 0) is 36.9 Å². The monoisotopic (exact) mass is 352 g/mol. The number of hydrogen-bond acceptors (Lipinski definition) is 5. The van der Waals surface area contributed by atoms with Gasteiger partial charge in [0.25, 0.3) is 0 Å². The van der Waals surface area contributed by atoms with Crippen molar-refractivity contribution >= 4 is 10.8 Å². The van der Waals surface area contributed by atoms with Crippen LogP contribution in [0.15, 0.2) is 42.9 Å². The molecule has 0 radical (unpaired) electrons. The average Bonchev–Trinajstić information content (AvgIpc) is 2.96. The number of aromatic nitrogens is 3. The Hall–Kier alpha value is -2.44. The predicted molar refractivity (Wildman–Crippen MR) is 100 cm³/mol. The van der Waals surface area contributed by atoms with Crippen molar-refractivity contribution in [1.82, 2.24) is 19.4 Å². The van der Waals surface area contributed by atoms with E-state index in [0.29, 0.717) is 6.54 Å². The maximum Gasteiger partial charge on any atom is 0.127 e. The van der Waals surface area contributed by atoms with E-state index in [2.05, 4.69) is 19.4 Å². The van der Waals surface area contributed by atoms with Crippen LogP contribution in [-0.2, 0) is 13.6 Å². The van der Waals surface area contributed by atoms with E-state index in [4.69, 9.17) is 4.74 Å². The first-order chi connectivity index (χ1) is 12.6. The minimum absolute atomic E-state index is 0.186. The summed E-state index contributed by atoms with van der Waals surface area (Å²) in [5, 5.41) is 12.7. The highest BCUT2D eigenvalue weighted by atomic mass is 16.5. The summed E-state index contributed by atoms with van der Waals surface area (Å²) in [6.07, 6.45) is 5.62. The lowest BCUT2D eigenvalue weighted by Gasteiger charge is -2.35. The Bertz CT molecular complexity index is 908. The Morgan fingerprint density at radius 1 is 1.23 bits per heavy atom. The summed E-state index contributed by atoms with van der Waals surface area (Å²) in [5.41, 5.74) is 1.16. The number of ether oxygens (including phenoxy) is 1. The number of aryl methyl sites for hydroxylation is 1. The van der Waals surface area contributed by atoms with Crippen LogP contribution in [0.5, 0.6) is 5.75 Å². The van der Waals surface area contributed by atoms with Gasteiger partial charge < -0.3 is 14.4 Å². The molecule has 0 bridgehead atoms. The quantitative estimate of drug-likeness (QED) is 0.781. The van der Waals surface area contributed by atoms with Crippen molar-refractivity contribution < 1.29 is 9.84 Å². The van der Waals surface area contributed by atoms with Crippen LogP contribution in [0.2, 0.25) is 0 Å². The third-order valence-electron chi connectivity index (χ3n) is 5.21. The molecule has 3 aromatic rings. The molecule has 6 heteroatoms. The topological polar surface area (TPSA) is 63.4 Å². The van der Waals surface area contributed by atoms with Crippen molar-refractivity contribution in [3.8, 4) is 5.75 Å². The maximum absolute atomic E-state index is 10.6. The molecule has 2 atom stereocenters. The molecule has 1 aromatic carbocycles. The number of aliphatic hydroxyl groups is 1. The van der Waals surface area contributed by atoms with Gasteiger partial charge in [0.2, 0.25) is 0 Å². The highest BCUT2D eigenvalue weighted by molar-refractivity contribution is 5.82. The molecule has 0 saturated carbocycles. The van der Waals surface area contributed by atoms with E-state index < -0.39 is 6.10 Å². The number of hydrogen-bond donors (Lipinski definition) is 1. The molecule has 4 rings (SSSR count). The van der Waals surface area contributed by atoms with Crippen molar-refractivity contribution in [3.05, 3.63) is 54.4 Å². The van der Waals surface area contributed by atoms with Crippen LogP contribution >= 0.6 is 0 Å². The first kappa shape index (κ1) is 17.0. The Kier molecular flexibility index (Phi) is 4.61. The molecule has 0 amide bonds. The van der Waals surface area contributed by atoms with Crippen LogP contribution in [0.4, 0.5) is 0 Å². The molecule has 1 saturated heterocycles. The van der Waals surface area contributed by atoms with Gasteiger partial charge in [-0.25, -0.2) is 4.98 Å². The third-order valence-corrected chi connectivity index (χ3v) is 5.21. The lowest BCUT2D eigenvalue weighted by Crippen LogP contribution is -2.48. The van der Waals surface area contributed by atoms with Gasteiger partial charge in [-0.3, -0.25) is 9.88 Å². The predicted octanol–water partition coefficient (Wildman–Crippen LogP) is 2.29. The number of likely N-dealkylation sites (tertiary alicyclic amines) is 1. The fraction of sp³-hybridized carbons (Fsp3) is 0.400. The van der Waals surface area contributed by atoms with E-state index in [9.17, 15) is 5.11 Å². The summed E-state index contributed by atoms with van der Waals surface area (Å²) >= 11 is 0. The normalized spacial score (nSPS) is 21.2. The molecule has 1 N–H and O–H groups in total. The molecule has 1 aliphatic rings. The maximum atomic E-state index is 10.6. The van der Waals surface area contributed by atoms with Gasteiger partial charge in [-0.15, -0.1) is 0 Å². The van der Waals surface area contributed by atoms with E-state index in [1.54, 1.807) is 6.20 Å². The van der Waals surface area contributed by atoms with Gasteiger partial charge in [0, 0.05) is 50.7 Å². The van der Waals surface area contributed by atoms with Crippen molar-refractivity contribution in [2.45, 2.75) is 32.1 Å². The zero-order valence-electron chi connectivity index (χ0n) is 15.2. The van der Waals surface area contributed by atoms with Crippen LogP contribution < -0.4 is 4.74 Å². The Labute approximate surface area is 153 Å². The number of benzene rings is 1. The molecule has 2 aromatic heterocycles. The number of nitrogens with zero attached hydrogens (tertiary/aromatic N) is 4. The standard InChI is InChI=1S/C20H24N4O2/c1-14-22-11-17(23(14)2)12-24-8-6-20(19(25)13-24)26-18-4-3-15-5-7-21-10-16(15)9-18/h3-5,7,9-11,19-20,25H,6,8,12-13H2,1-2H3/t19-,20-/m1/s1. The van der Waals surface area contributed by atoms with Gasteiger partial charge in [0.1, 0.15) is 23.8 Å². The number of imidazole rings is 1. The summed E-state index contributed by atoms with van der Waals surface area (Å²) in [4.78, 5) is 10.8. The Balaban J connectivity index is 1.39. The molecule has 6 nitrogen and oxygen atoms in total. The van der Waals surface area contributed by atoms with Crippen molar-refractivity contribution in [1.29, 1.82) is 0 Å². The van der Waals surface area contributed by atoms with E-state index in [1.165, 1.54) is 0 Å². The SMILES string of the molecule is Cc1ncc(CN2CC[C@@H](Oc3ccc4ccncc4c3)[C@H](O)C2)n1C. The van der Waals surface area contributed by atoms with Crippen LogP contribution in [0.1, 0.15) is 17.9 Å². The number of piperidine rings is 1. The summed E-state index contributed by atoms with van der Waals surface area (Å²) in [6.45, 7) is 4.28. The molecule has 1 aliphatic heterocycles. The van der Waals surface area contributed by atoms with Crippen LogP contribution in [0.3, 0.4) is 0 Å². The third kappa shape index (κ3) is 3.43. The summed E-state index contributed by atoms with van der Waals surface area (Å²) in [5.74, 6) is 1.79. The summed E-state index contributed by atoms with van der Waals surface area (Å²) in [6, 6.07) is 7.95.